The summed E-state index contributed by atoms with van der Waals surface area (Å²) in [5, 5.41) is 6.62. The van der Waals surface area contributed by atoms with Crippen LogP contribution < -0.4 is 20.1 Å². The maximum atomic E-state index is 5.65. The van der Waals surface area contributed by atoms with Crippen molar-refractivity contribution in [2.45, 2.75) is 20.0 Å². The first-order valence-corrected chi connectivity index (χ1v) is 8.94. The lowest BCUT2D eigenvalue weighted by Gasteiger charge is -2.14. The van der Waals surface area contributed by atoms with E-state index in [1.807, 2.05) is 49.4 Å². The topological polar surface area (TPSA) is 54.9 Å². The summed E-state index contributed by atoms with van der Waals surface area (Å²) in [5.74, 6) is 2.45. The zero-order valence-electron chi connectivity index (χ0n) is 15.2. The van der Waals surface area contributed by atoms with Crippen molar-refractivity contribution in [3.05, 3.63) is 58.1 Å². The number of benzene rings is 2. The van der Waals surface area contributed by atoms with Gasteiger partial charge in [-0.3, -0.25) is 4.99 Å². The van der Waals surface area contributed by atoms with Crippen LogP contribution in [0.5, 0.6) is 11.5 Å². The van der Waals surface area contributed by atoms with Crippen molar-refractivity contribution in [2.24, 2.45) is 4.99 Å². The van der Waals surface area contributed by atoms with E-state index in [4.69, 9.17) is 9.47 Å². The fourth-order valence-corrected chi connectivity index (χ4v) is 2.94. The summed E-state index contributed by atoms with van der Waals surface area (Å²) in [6, 6.07) is 14.0. The van der Waals surface area contributed by atoms with Crippen LogP contribution in [0.25, 0.3) is 0 Å². The molecule has 2 N–H and O–H groups in total. The van der Waals surface area contributed by atoms with Crippen molar-refractivity contribution in [3.8, 4) is 11.5 Å². The Morgan fingerprint density at radius 3 is 2.46 bits per heavy atom. The smallest absolute Gasteiger partial charge is 0.191 e. The van der Waals surface area contributed by atoms with Gasteiger partial charge < -0.3 is 20.1 Å². The Labute approximate surface area is 180 Å². The van der Waals surface area contributed by atoms with Crippen molar-refractivity contribution in [1.29, 1.82) is 0 Å². The molecule has 2 aromatic rings. The van der Waals surface area contributed by atoms with Gasteiger partial charge in [0.25, 0.3) is 0 Å². The van der Waals surface area contributed by atoms with E-state index < -0.39 is 0 Å². The van der Waals surface area contributed by atoms with Gasteiger partial charge in [-0.05, 0) is 46.6 Å². The molecule has 7 heteroatoms. The Bertz CT molecular complexity index is 726. The summed E-state index contributed by atoms with van der Waals surface area (Å²) in [6.07, 6.45) is 0. The highest BCUT2D eigenvalue weighted by Gasteiger charge is 2.05. The molecule has 0 bridgehead atoms. The number of hydrogen-bond donors (Lipinski definition) is 2. The molecule has 0 aliphatic heterocycles. The standard InChI is InChI=1S/C19H24BrN3O2.HI/c1-4-25-17-8-6-5-7-15(17)13-23-19(21-2)22-12-14-9-10-18(24-3)16(20)11-14;/h5-11H,4,12-13H2,1-3H3,(H2,21,22,23);1H. The second kappa shape index (κ2) is 12.0. The zero-order chi connectivity index (χ0) is 18.1. The Morgan fingerprint density at radius 1 is 1.08 bits per heavy atom. The number of rotatable bonds is 7. The maximum Gasteiger partial charge on any atom is 0.191 e. The molecule has 0 aliphatic carbocycles. The lowest BCUT2D eigenvalue weighted by atomic mass is 10.2. The van der Waals surface area contributed by atoms with Gasteiger partial charge in [0.05, 0.1) is 18.2 Å². The van der Waals surface area contributed by atoms with Gasteiger partial charge in [0.15, 0.2) is 5.96 Å². The lowest BCUT2D eigenvalue weighted by molar-refractivity contribution is 0.336. The third-order valence-electron chi connectivity index (χ3n) is 3.62. The molecule has 26 heavy (non-hydrogen) atoms. The van der Waals surface area contributed by atoms with Gasteiger partial charge in [-0.15, -0.1) is 24.0 Å². The fourth-order valence-electron chi connectivity index (χ4n) is 2.35. The molecule has 0 saturated heterocycles. The number of hydrogen-bond acceptors (Lipinski definition) is 3. The summed E-state index contributed by atoms with van der Waals surface area (Å²) >= 11 is 3.50. The van der Waals surface area contributed by atoms with E-state index in [-0.39, 0.29) is 24.0 Å². The zero-order valence-corrected chi connectivity index (χ0v) is 19.1. The highest BCUT2D eigenvalue weighted by atomic mass is 127. The van der Waals surface area contributed by atoms with Crippen LogP contribution in [-0.4, -0.2) is 26.7 Å². The molecule has 5 nitrogen and oxygen atoms in total. The van der Waals surface area contributed by atoms with Crippen molar-refractivity contribution < 1.29 is 9.47 Å². The van der Waals surface area contributed by atoms with E-state index >= 15 is 0 Å². The Kier molecular flexibility index (Phi) is 10.4. The third kappa shape index (κ3) is 6.68. The van der Waals surface area contributed by atoms with E-state index in [1.165, 1.54) is 0 Å². The van der Waals surface area contributed by atoms with Crippen LogP contribution in [0.1, 0.15) is 18.1 Å². The molecule has 0 aromatic heterocycles. The second-order valence-corrected chi connectivity index (χ2v) is 6.14. The van der Waals surface area contributed by atoms with Crippen molar-refractivity contribution in [2.75, 3.05) is 20.8 Å². The number of aliphatic imine (C=N–C) groups is 1. The molecule has 0 saturated carbocycles. The molecule has 0 spiro atoms. The van der Waals surface area contributed by atoms with Crippen LogP contribution >= 0.6 is 39.9 Å². The van der Waals surface area contributed by atoms with Crippen LogP contribution in [0, 0.1) is 0 Å². The monoisotopic (exact) mass is 533 g/mol. The molecule has 0 atom stereocenters. The first-order chi connectivity index (χ1) is 12.2. The average Bonchev–Trinajstić information content (AvgIpc) is 2.63. The second-order valence-electron chi connectivity index (χ2n) is 5.29. The SMILES string of the molecule is CCOc1ccccc1CNC(=NC)NCc1ccc(OC)c(Br)c1.I. The minimum Gasteiger partial charge on any atom is -0.496 e. The average molecular weight is 534 g/mol. The molecule has 0 amide bonds. The van der Waals surface area contributed by atoms with Gasteiger partial charge in [-0.2, -0.15) is 0 Å². The highest BCUT2D eigenvalue weighted by molar-refractivity contribution is 14.0. The van der Waals surface area contributed by atoms with Gasteiger partial charge in [-0.1, -0.05) is 24.3 Å². The van der Waals surface area contributed by atoms with Gasteiger partial charge in [0.2, 0.25) is 0 Å². The van der Waals surface area contributed by atoms with Crippen molar-refractivity contribution >= 4 is 45.9 Å². The summed E-state index contributed by atoms with van der Waals surface area (Å²) < 4.78 is 11.8. The predicted molar refractivity (Wildman–Crippen MR) is 121 cm³/mol. The lowest BCUT2D eigenvalue weighted by Crippen LogP contribution is -2.36. The normalized spacial score (nSPS) is 10.7. The van der Waals surface area contributed by atoms with Gasteiger partial charge in [0.1, 0.15) is 11.5 Å². The fraction of sp³-hybridized carbons (Fsp3) is 0.316. The van der Waals surface area contributed by atoms with Gasteiger partial charge in [0, 0.05) is 25.7 Å². The molecule has 0 aliphatic rings. The minimum absolute atomic E-state index is 0. The Morgan fingerprint density at radius 2 is 1.81 bits per heavy atom. The Hall–Kier alpha value is -1.48. The maximum absolute atomic E-state index is 5.65. The molecule has 2 aromatic carbocycles. The van der Waals surface area contributed by atoms with Crippen LogP contribution in [0.15, 0.2) is 51.9 Å². The van der Waals surface area contributed by atoms with Gasteiger partial charge in [-0.25, -0.2) is 0 Å². The number of guanidine groups is 1. The van der Waals surface area contributed by atoms with E-state index in [0.717, 1.165) is 33.1 Å². The number of para-hydroxylation sites is 1. The molecule has 142 valence electrons. The van der Waals surface area contributed by atoms with Crippen LogP contribution in [-0.2, 0) is 13.1 Å². The van der Waals surface area contributed by atoms with E-state index in [2.05, 4.69) is 31.6 Å². The van der Waals surface area contributed by atoms with E-state index in [0.29, 0.717) is 19.7 Å². The quantitative estimate of drug-likeness (QED) is 0.316. The van der Waals surface area contributed by atoms with Crippen LogP contribution in [0.4, 0.5) is 0 Å². The van der Waals surface area contributed by atoms with Crippen molar-refractivity contribution in [1.82, 2.24) is 10.6 Å². The minimum atomic E-state index is 0. The van der Waals surface area contributed by atoms with Gasteiger partial charge >= 0.3 is 0 Å². The molecule has 0 heterocycles. The number of methoxy groups -OCH3 is 1. The largest absolute Gasteiger partial charge is 0.496 e. The first kappa shape index (κ1) is 22.6. The molecular weight excluding hydrogens is 509 g/mol. The molecule has 0 fully saturated rings. The van der Waals surface area contributed by atoms with E-state index in [1.54, 1.807) is 14.2 Å². The molecule has 2 rings (SSSR count). The molecular formula is C19H25BrIN3O2. The number of ether oxygens (including phenoxy) is 2. The number of nitrogens with zero attached hydrogens (tertiary/aromatic N) is 1. The summed E-state index contributed by atoms with van der Waals surface area (Å²) in [5.41, 5.74) is 2.23. The highest BCUT2D eigenvalue weighted by Crippen LogP contribution is 2.25. The third-order valence-corrected chi connectivity index (χ3v) is 4.24. The summed E-state index contributed by atoms with van der Waals surface area (Å²) in [7, 11) is 3.41. The number of halogens is 2. The molecule has 0 unspecified atom stereocenters. The van der Waals surface area contributed by atoms with Crippen LogP contribution in [0.2, 0.25) is 0 Å². The first-order valence-electron chi connectivity index (χ1n) is 8.15. The number of nitrogens with one attached hydrogen (secondary N) is 2. The van der Waals surface area contributed by atoms with Crippen LogP contribution in [0.3, 0.4) is 0 Å². The summed E-state index contributed by atoms with van der Waals surface area (Å²) in [6.45, 7) is 3.94. The summed E-state index contributed by atoms with van der Waals surface area (Å²) in [4.78, 5) is 4.27. The predicted octanol–water partition coefficient (Wildman–Crippen LogP) is 4.34. The Balaban J connectivity index is 0.00000338. The van der Waals surface area contributed by atoms with E-state index in [9.17, 15) is 0 Å². The van der Waals surface area contributed by atoms with Crippen molar-refractivity contribution in [3.63, 3.8) is 0 Å². The molecule has 0 radical (unpaired) electrons.